The van der Waals surface area contributed by atoms with Crippen molar-refractivity contribution in [1.82, 2.24) is 0 Å². The number of aliphatic imine (C=N–C) groups is 1. The predicted molar refractivity (Wildman–Crippen MR) is 96.6 cm³/mol. The van der Waals surface area contributed by atoms with Gasteiger partial charge < -0.3 is 9.47 Å². The molecule has 0 aliphatic carbocycles. The molecule has 0 atom stereocenters. The van der Waals surface area contributed by atoms with E-state index < -0.39 is 0 Å². The Balaban J connectivity index is 2.16. The van der Waals surface area contributed by atoms with Gasteiger partial charge in [-0.1, -0.05) is 25.5 Å². The molecule has 0 aliphatic heterocycles. The Hall–Kier alpha value is -2.29. The molecule has 2 aromatic carbocycles. The lowest BCUT2D eigenvalue weighted by atomic mass is 10.1. The van der Waals surface area contributed by atoms with Gasteiger partial charge in [-0.05, 0) is 60.7 Å². The van der Waals surface area contributed by atoms with Gasteiger partial charge in [0.25, 0.3) is 0 Å². The number of methoxy groups -OCH3 is 2. The van der Waals surface area contributed by atoms with Crippen molar-refractivity contribution in [2.75, 3.05) is 14.2 Å². The second kappa shape index (κ2) is 8.37. The van der Waals surface area contributed by atoms with Gasteiger partial charge in [0.1, 0.15) is 0 Å². The SMILES string of the molecule is CCCCc1ccc(N=Cc2cc(OC)c(OC)cc2C)cc1. The third-order valence-corrected chi connectivity index (χ3v) is 3.88. The molecule has 3 nitrogen and oxygen atoms in total. The van der Waals surface area contributed by atoms with Crippen molar-refractivity contribution in [1.29, 1.82) is 0 Å². The zero-order valence-electron chi connectivity index (χ0n) is 14.4. The first-order valence-corrected chi connectivity index (χ1v) is 8.03. The van der Waals surface area contributed by atoms with Crippen LogP contribution in [0.25, 0.3) is 0 Å². The second-order valence-electron chi connectivity index (χ2n) is 5.59. The van der Waals surface area contributed by atoms with E-state index in [4.69, 9.17) is 9.47 Å². The van der Waals surface area contributed by atoms with Gasteiger partial charge in [0.15, 0.2) is 11.5 Å². The molecular weight excluding hydrogens is 286 g/mol. The van der Waals surface area contributed by atoms with Crippen LogP contribution < -0.4 is 9.47 Å². The van der Waals surface area contributed by atoms with E-state index in [0.717, 1.165) is 34.7 Å². The fourth-order valence-electron chi connectivity index (χ4n) is 2.41. The van der Waals surface area contributed by atoms with Gasteiger partial charge >= 0.3 is 0 Å². The second-order valence-corrected chi connectivity index (χ2v) is 5.59. The lowest BCUT2D eigenvalue weighted by Gasteiger charge is -2.10. The van der Waals surface area contributed by atoms with Crippen molar-refractivity contribution in [2.24, 2.45) is 4.99 Å². The first-order chi connectivity index (χ1) is 11.2. The molecule has 0 unspecified atom stereocenters. The molecule has 0 amide bonds. The molecule has 3 heteroatoms. The zero-order valence-corrected chi connectivity index (χ0v) is 14.4. The van der Waals surface area contributed by atoms with Gasteiger partial charge in [0.2, 0.25) is 0 Å². The van der Waals surface area contributed by atoms with E-state index in [0.29, 0.717) is 0 Å². The van der Waals surface area contributed by atoms with Crippen molar-refractivity contribution in [3.05, 3.63) is 53.1 Å². The molecule has 0 saturated heterocycles. The molecule has 0 saturated carbocycles. The molecule has 0 N–H and O–H groups in total. The number of rotatable bonds is 7. The Kier molecular flexibility index (Phi) is 6.21. The molecule has 23 heavy (non-hydrogen) atoms. The summed E-state index contributed by atoms with van der Waals surface area (Å²) in [5.41, 5.74) is 4.45. The van der Waals surface area contributed by atoms with E-state index in [2.05, 4.69) is 36.2 Å². The van der Waals surface area contributed by atoms with Crippen LogP contribution in [0.15, 0.2) is 41.4 Å². The zero-order chi connectivity index (χ0) is 16.7. The van der Waals surface area contributed by atoms with Gasteiger partial charge in [0, 0.05) is 6.21 Å². The minimum Gasteiger partial charge on any atom is -0.493 e. The quantitative estimate of drug-likeness (QED) is 0.666. The summed E-state index contributed by atoms with van der Waals surface area (Å²) in [7, 11) is 3.29. The van der Waals surface area contributed by atoms with Gasteiger partial charge in [-0.15, -0.1) is 0 Å². The van der Waals surface area contributed by atoms with Crippen LogP contribution in [0.2, 0.25) is 0 Å². The summed E-state index contributed by atoms with van der Waals surface area (Å²) >= 11 is 0. The highest BCUT2D eigenvalue weighted by Gasteiger charge is 2.07. The third-order valence-electron chi connectivity index (χ3n) is 3.88. The Morgan fingerprint density at radius 1 is 1.00 bits per heavy atom. The Labute approximate surface area is 139 Å². The van der Waals surface area contributed by atoms with Crippen molar-refractivity contribution in [3.8, 4) is 11.5 Å². The van der Waals surface area contributed by atoms with E-state index in [-0.39, 0.29) is 0 Å². The van der Waals surface area contributed by atoms with Crippen LogP contribution >= 0.6 is 0 Å². The highest BCUT2D eigenvalue weighted by molar-refractivity contribution is 5.85. The number of benzene rings is 2. The molecule has 0 heterocycles. The van der Waals surface area contributed by atoms with E-state index in [9.17, 15) is 0 Å². The van der Waals surface area contributed by atoms with Crippen LogP contribution in [0, 0.1) is 6.92 Å². The van der Waals surface area contributed by atoms with Crippen LogP contribution in [0.4, 0.5) is 5.69 Å². The summed E-state index contributed by atoms with van der Waals surface area (Å²) < 4.78 is 10.7. The van der Waals surface area contributed by atoms with E-state index in [1.165, 1.54) is 18.4 Å². The first-order valence-electron chi connectivity index (χ1n) is 8.03. The van der Waals surface area contributed by atoms with Gasteiger partial charge in [0.05, 0.1) is 19.9 Å². The van der Waals surface area contributed by atoms with E-state index in [1.807, 2.05) is 25.3 Å². The summed E-state index contributed by atoms with van der Waals surface area (Å²) in [6.45, 7) is 4.25. The van der Waals surface area contributed by atoms with E-state index >= 15 is 0 Å². The fourth-order valence-corrected chi connectivity index (χ4v) is 2.41. The summed E-state index contributed by atoms with van der Waals surface area (Å²) in [6.07, 6.45) is 5.46. The average Bonchev–Trinajstić information content (AvgIpc) is 2.59. The molecule has 2 rings (SSSR count). The lowest BCUT2D eigenvalue weighted by Crippen LogP contribution is -1.95. The molecule has 0 aliphatic rings. The van der Waals surface area contributed by atoms with Crippen LogP contribution in [0.3, 0.4) is 0 Å². The molecule has 122 valence electrons. The minimum atomic E-state index is 0.717. The van der Waals surface area contributed by atoms with Gasteiger partial charge in [-0.2, -0.15) is 0 Å². The van der Waals surface area contributed by atoms with E-state index in [1.54, 1.807) is 14.2 Å². The summed E-state index contributed by atoms with van der Waals surface area (Å²) in [6, 6.07) is 12.4. The predicted octanol–water partition coefficient (Wildman–Crippen LogP) is 5.11. The van der Waals surface area contributed by atoms with Crippen molar-refractivity contribution >= 4 is 11.9 Å². The van der Waals surface area contributed by atoms with Crippen molar-refractivity contribution in [2.45, 2.75) is 33.1 Å². The lowest BCUT2D eigenvalue weighted by molar-refractivity contribution is 0.354. The van der Waals surface area contributed by atoms with Crippen molar-refractivity contribution in [3.63, 3.8) is 0 Å². The number of nitrogens with zero attached hydrogens (tertiary/aromatic N) is 1. The van der Waals surface area contributed by atoms with Crippen LogP contribution in [0.1, 0.15) is 36.5 Å². The number of ether oxygens (including phenoxy) is 2. The van der Waals surface area contributed by atoms with Crippen LogP contribution in [0.5, 0.6) is 11.5 Å². The van der Waals surface area contributed by atoms with Gasteiger partial charge in [-0.25, -0.2) is 0 Å². The smallest absolute Gasteiger partial charge is 0.161 e. The molecule has 0 aromatic heterocycles. The monoisotopic (exact) mass is 311 g/mol. The standard InChI is InChI=1S/C20H25NO2/c1-5-6-7-16-8-10-18(11-9-16)21-14-17-13-20(23-4)19(22-3)12-15(17)2/h8-14H,5-7H2,1-4H3. The normalized spacial score (nSPS) is 11.0. The summed E-state index contributed by atoms with van der Waals surface area (Å²) in [5, 5.41) is 0. The topological polar surface area (TPSA) is 30.8 Å². The highest BCUT2D eigenvalue weighted by atomic mass is 16.5. The van der Waals surface area contributed by atoms with Crippen molar-refractivity contribution < 1.29 is 9.47 Å². The Morgan fingerprint density at radius 3 is 2.26 bits per heavy atom. The highest BCUT2D eigenvalue weighted by Crippen LogP contribution is 2.29. The molecule has 0 radical (unpaired) electrons. The maximum atomic E-state index is 5.35. The molecule has 2 aromatic rings. The van der Waals surface area contributed by atoms with Crippen LogP contribution in [-0.4, -0.2) is 20.4 Å². The molecule has 0 fully saturated rings. The maximum absolute atomic E-state index is 5.35. The molecular formula is C20H25NO2. The summed E-state index contributed by atoms with van der Waals surface area (Å²) in [5.74, 6) is 1.46. The number of unbranched alkanes of at least 4 members (excludes halogenated alkanes) is 1. The first kappa shape index (κ1) is 17.1. The minimum absolute atomic E-state index is 0.717. The van der Waals surface area contributed by atoms with Gasteiger partial charge in [-0.3, -0.25) is 4.99 Å². The third kappa shape index (κ3) is 4.59. The number of hydrogen-bond acceptors (Lipinski definition) is 3. The van der Waals surface area contributed by atoms with Crippen LogP contribution in [-0.2, 0) is 6.42 Å². The number of aryl methyl sites for hydroxylation is 2. The fraction of sp³-hybridized carbons (Fsp3) is 0.350. The maximum Gasteiger partial charge on any atom is 0.161 e. The molecule has 0 bridgehead atoms. The Bertz CT molecular complexity index is 660. The summed E-state index contributed by atoms with van der Waals surface area (Å²) in [4.78, 5) is 4.57. The largest absolute Gasteiger partial charge is 0.493 e. The average molecular weight is 311 g/mol. The number of hydrogen-bond donors (Lipinski definition) is 0. The Morgan fingerprint density at radius 2 is 1.65 bits per heavy atom. The molecule has 0 spiro atoms.